The highest BCUT2D eigenvalue weighted by atomic mass is 32.2. The van der Waals surface area contributed by atoms with E-state index in [0.29, 0.717) is 29.9 Å². The van der Waals surface area contributed by atoms with E-state index < -0.39 is 28.5 Å². The first-order valence-corrected chi connectivity index (χ1v) is 13.3. The molecule has 0 unspecified atom stereocenters. The summed E-state index contributed by atoms with van der Waals surface area (Å²) < 4.78 is 50.0. The van der Waals surface area contributed by atoms with Gasteiger partial charge in [-0.15, -0.1) is 0 Å². The van der Waals surface area contributed by atoms with Crippen molar-refractivity contribution < 1.29 is 22.3 Å². The van der Waals surface area contributed by atoms with Gasteiger partial charge in [-0.1, -0.05) is 30.3 Å². The van der Waals surface area contributed by atoms with E-state index in [9.17, 15) is 13.2 Å². The van der Waals surface area contributed by atoms with Crippen LogP contribution >= 0.6 is 0 Å². The van der Waals surface area contributed by atoms with Crippen LogP contribution in [-0.4, -0.2) is 38.9 Å². The van der Waals surface area contributed by atoms with Crippen LogP contribution in [0.3, 0.4) is 0 Å². The van der Waals surface area contributed by atoms with Crippen LogP contribution in [0, 0.1) is 17.2 Å². The average molecular weight is 486 g/mol. The van der Waals surface area contributed by atoms with Crippen molar-refractivity contribution in [3.8, 4) is 5.75 Å². The highest BCUT2D eigenvalue weighted by molar-refractivity contribution is 7.92. The standard InChI is InChI=1S/C25H28FN3O4S/c26-23-20-14-28(13-18-11-25(12-18)7-8-25)9-6-19(20)10-21(33-16-17-4-2-1-3-5-17)24(23)29-15-22(30)27-34(29,31)32/h1-5,10,18H,6-9,11-16H2,(H,27,30). The number of ether oxygens (including phenoxy) is 1. The van der Waals surface area contributed by atoms with Gasteiger partial charge in [0.05, 0.1) is 0 Å². The number of amides is 1. The number of halogens is 1. The molecule has 2 saturated carbocycles. The summed E-state index contributed by atoms with van der Waals surface area (Å²) in [4.78, 5) is 14.2. The molecule has 2 heterocycles. The summed E-state index contributed by atoms with van der Waals surface area (Å²) in [5.74, 6) is -0.492. The summed E-state index contributed by atoms with van der Waals surface area (Å²) in [5.41, 5.74) is 2.67. The third-order valence-electron chi connectivity index (χ3n) is 7.70. The van der Waals surface area contributed by atoms with Gasteiger partial charge in [-0.05, 0) is 60.6 Å². The van der Waals surface area contributed by atoms with Crippen LogP contribution in [0.1, 0.15) is 42.4 Å². The summed E-state index contributed by atoms with van der Waals surface area (Å²) in [6.07, 6.45) is 5.93. The van der Waals surface area contributed by atoms with Crippen molar-refractivity contribution in [2.75, 3.05) is 23.9 Å². The maximum Gasteiger partial charge on any atom is 0.326 e. The van der Waals surface area contributed by atoms with E-state index in [-0.39, 0.29) is 18.0 Å². The fraction of sp³-hybridized carbons (Fsp3) is 0.480. The Morgan fingerprint density at radius 2 is 1.91 bits per heavy atom. The topological polar surface area (TPSA) is 79.0 Å². The van der Waals surface area contributed by atoms with Gasteiger partial charge in [-0.2, -0.15) is 8.42 Å². The van der Waals surface area contributed by atoms with Crippen molar-refractivity contribution in [1.82, 2.24) is 9.62 Å². The molecule has 180 valence electrons. The Bertz CT molecular complexity index is 1240. The molecular weight excluding hydrogens is 457 g/mol. The number of nitrogens with one attached hydrogen (secondary N) is 1. The van der Waals surface area contributed by atoms with Crippen molar-refractivity contribution in [3.05, 3.63) is 58.9 Å². The number of carbonyl (C=O) groups excluding carboxylic acids is 1. The molecule has 2 aliphatic carbocycles. The van der Waals surface area contributed by atoms with Crippen molar-refractivity contribution in [1.29, 1.82) is 0 Å². The van der Waals surface area contributed by atoms with E-state index in [1.807, 2.05) is 35.1 Å². The lowest BCUT2D eigenvalue weighted by Crippen LogP contribution is -2.40. The number of benzene rings is 2. The van der Waals surface area contributed by atoms with Crippen LogP contribution in [0.4, 0.5) is 10.1 Å². The SMILES string of the molecule is O=C1CN(c2c(OCc3ccccc3)cc3c(c2F)CN(CC2CC4(CC4)C2)CC3)S(=O)(=O)N1. The molecule has 0 atom stereocenters. The van der Waals surface area contributed by atoms with Crippen molar-refractivity contribution in [2.45, 2.75) is 45.3 Å². The van der Waals surface area contributed by atoms with Gasteiger partial charge in [-0.3, -0.25) is 9.69 Å². The zero-order chi connectivity index (χ0) is 23.5. The van der Waals surface area contributed by atoms with E-state index >= 15 is 4.39 Å². The largest absolute Gasteiger partial charge is 0.487 e. The van der Waals surface area contributed by atoms with Gasteiger partial charge in [0.1, 0.15) is 24.6 Å². The van der Waals surface area contributed by atoms with Gasteiger partial charge >= 0.3 is 10.2 Å². The van der Waals surface area contributed by atoms with Crippen molar-refractivity contribution in [3.63, 3.8) is 0 Å². The first kappa shape index (κ1) is 21.9. The number of fused-ring (bicyclic) bond motifs is 1. The normalized spacial score (nSPS) is 22.9. The molecule has 1 N–H and O–H groups in total. The predicted octanol–water partition coefficient (Wildman–Crippen LogP) is 3.13. The molecule has 0 bridgehead atoms. The fourth-order valence-electron chi connectivity index (χ4n) is 5.80. The summed E-state index contributed by atoms with van der Waals surface area (Å²) in [7, 11) is -4.18. The maximum atomic E-state index is 16.1. The number of carbonyl (C=O) groups is 1. The third-order valence-corrected chi connectivity index (χ3v) is 9.08. The highest BCUT2D eigenvalue weighted by Crippen LogP contribution is 2.63. The Morgan fingerprint density at radius 1 is 1.15 bits per heavy atom. The molecular formula is C25H28FN3O4S. The molecule has 6 rings (SSSR count). The third kappa shape index (κ3) is 3.94. The Labute approximate surface area is 199 Å². The molecule has 9 heteroatoms. The van der Waals surface area contributed by atoms with E-state index in [2.05, 4.69) is 4.90 Å². The molecule has 7 nitrogen and oxygen atoms in total. The second-order valence-corrected chi connectivity index (χ2v) is 11.8. The number of rotatable bonds is 6. The van der Waals surface area contributed by atoms with Crippen molar-refractivity contribution >= 4 is 21.8 Å². The zero-order valence-corrected chi connectivity index (χ0v) is 19.7. The van der Waals surface area contributed by atoms with Crippen LogP contribution in [0.2, 0.25) is 0 Å². The van der Waals surface area contributed by atoms with Crippen molar-refractivity contribution in [2.24, 2.45) is 11.3 Å². The smallest absolute Gasteiger partial charge is 0.326 e. The summed E-state index contributed by atoms with van der Waals surface area (Å²) >= 11 is 0. The molecule has 34 heavy (non-hydrogen) atoms. The van der Waals surface area contributed by atoms with Gasteiger partial charge < -0.3 is 4.74 Å². The first-order valence-electron chi connectivity index (χ1n) is 11.9. The second-order valence-electron chi connectivity index (χ2n) is 10.2. The second kappa shape index (κ2) is 7.95. The number of nitrogens with zero attached hydrogens (tertiary/aromatic N) is 2. The minimum atomic E-state index is -4.18. The molecule has 0 radical (unpaired) electrons. The summed E-state index contributed by atoms with van der Waals surface area (Å²) in [6.45, 7) is 1.93. The zero-order valence-electron chi connectivity index (χ0n) is 18.9. The molecule has 1 saturated heterocycles. The Kier molecular flexibility index (Phi) is 5.11. The van der Waals surface area contributed by atoms with Gasteiger partial charge in [0.25, 0.3) is 5.91 Å². The van der Waals surface area contributed by atoms with E-state index in [1.54, 1.807) is 6.07 Å². The summed E-state index contributed by atoms with van der Waals surface area (Å²) in [6, 6.07) is 11.2. The number of anilines is 1. The fourth-order valence-corrected chi connectivity index (χ4v) is 6.96. The highest BCUT2D eigenvalue weighted by Gasteiger charge is 2.52. The lowest BCUT2D eigenvalue weighted by molar-refractivity contribution is -0.117. The Hall–Kier alpha value is -2.65. The van der Waals surface area contributed by atoms with Crippen LogP contribution in [-0.2, 0) is 34.6 Å². The molecule has 2 aromatic rings. The first-order chi connectivity index (χ1) is 16.3. The van der Waals surface area contributed by atoms with Crippen LogP contribution in [0.15, 0.2) is 36.4 Å². The number of hydrogen-bond acceptors (Lipinski definition) is 5. The van der Waals surface area contributed by atoms with Crippen LogP contribution in [0.25, 0.3) is 0 Å². The lowest BCUT2D eigenvalue weighted by atomic mass is 9.71. The van der Waals surface area contributed by atoms with E-state index in [4.69, 9.17) is 4.74 Å². The van der Waals surface area contributed by atoms with Crippen LogP contribution < -0.4 is 13.8 Å². The van der Waals surface area contributed by atoms with Gasteiger partial charge in [-0.25, -0.2) is 13.4 Å². The lowest BCUT2D eigenvalue weighted by Gasteiger charge is -2.40. The quantitative estimate of drug-likeness (QED) is 0.680. The van der Waals surface area contributed by atoms with E-state index in [0.717, 1.165) is 28.5 Å². The molecule has 2 aromatic carbocycles. The van der Waals surface area contributed by atoms with Gasteiger partial charge in [0, 0.05) is 25.2 Å². The van der Waals surface area contributed by atoms with Gasteiger partial charge in [0.2, 0.25) is 0 Å². The molecule has 2 aliphatic heterocycles. The molecule has 0 aromatic heterocycles. The Balaban J connectivity index is 1.31. The monoisotopic (exact) mass is 485 g/mol. The van der Waals surface area contributed by atoms with Gasteiger partial charge in [0.15, 0.2) is 5.82 Å². The van der Waals surface area contributed by atoms with E-state index in [1.165, 1.54) is 25.7 Å². The minimum absolute atomic E-state index is 0.142. The average Bonchev–Trinajstić information content (AvgIpc) is 3.53. The molecule has 1 amide bonds. The molecule has 3 fully saturated rings. The molecule has 4 aliphatic rings. The molecule has 1 spiro atoms. The summed E-state index contributed by atoms with van der Waals surface area (Å²) in [5, 5.41) is 0. The minimum Gasteiger partial charge on any atom is -0.487 e. The van der Waals surface area contributed by atoms with Crippen LogP contribution in [0.5, 0.6) is 5.75 Å². The predicted molar refractivity (Wildman–Crippen MR) is 125 cm³/mol. The Morgan fingerprint density at radius 3 is 2.59 bits per heavy atom. The number of hydrogen-bond donors (Lipinski definition) is 1. The maximum absolute atomic E-state index is 16.1.